The van der Waals surface area contributed by atoms with Crippen LogP contribution in [-0.2, 0) is 0 Å². The fraction of sp³-hybridized carbons (Fsp3) is 0.222. The maximum Gasteiger partial charge on any atom is 0.255 e. The van der Waals surface area contributed by atoms with E-state index in [4.69, 9.17) is 11.6 Å². The first-order chi connectivity index (χ1) is 10.7. The highest BCUT2D eigenvalue weighted by Gasteiger charge is 2.15. The second-order valence-corrected chi connectivity index (χ2v) is 6.68. The molecule has 0 heterocycles. The maximum absolute atomic E-state index is 12.1. The zero-order valence-electron chi connectivity index (χ0n) is 13.3. The van der Waals surface area contributed by atoms with Crippen LogP contribution in [0.1, 0.15) is 41.5 Å². The topological polar surface area (TPSA) is 58.2 Å². The van der Waals surface area contributed by atoms with Gasteiger partial charge in [-0.25, -0.2) is 0 Å². The molecular formula is C18H19ClN2O2. The SMILES string of the molecule is CC(C)(C)NC(=O)c1ccc(NC(=O)c2ccc(Cl)cc2)cc1. The van der Waals surface area contributed by atoms with E-state index in [1.807, 2.05) is 20.8 Å². The monoisotopic (exact) mass is 330 g/mol. The average Bonchev–Trinajstić information content (AvgIpc) is 2.46. The smallest absolute Gasteiger partial charge is 0.255 e. The lowest BCUT2D eigenvalue weighted by molar-refractivity contribution is 0.0919. The molecule has 0 fully saturated rings. The normalized spacial score (nSPS) is 11.0. The van der Waals surface area contributed by atoms with Crippen LogP contribution in [0.5, 0.6) is 0 Å². The van der Waals surface area contributed by atoms with E-state index in [2.05, 4.69) is 10.6 Å². The molecular weight excluding hydrogens is 312 g/mol. The molecule has 0 aliphatic rings. The third-order valence-electron chi connectivity index (χ3n) is 3.00. The molecule has 23 heavy (non-hydrogen) atoms. The zero-order chi connectivity index (χ0) is 17.0. The lowest BCUT2D eigenvalue weighted by atomic mass is 10.1. The molecule has 0 aromatic heterocycles. The van der Waals surface area contributed by atoms with E-state index in [1.54, 1.807) is 48.5 Å². The molecule has 2 N–H and O–H groups in total. The molecule has 0 unspecified atom stereocenters. The summed E-state index contributed by atoms with van der Waals surface area (Å²) in [4.78, 5) is 24.1. The van der Waals surface area contributed by atoms with E-state index < -0.39 is 0 Å². The van der Waals surface area contributed by atoms with E-state index in [0.29, 0.717) is 21.8 Å². The molecule has 2 rings (SSSR count). The molecule has 0 saturated heterocycles. The number of rotatable bonds is 3. The van der Waals surface area contributed by atoms with Crippen LogP contribution in [0.15, 0.2) is 48.5 Å². The number of halogens is 1. The summed E-state index contributed by atoms with van der Waals surface area (Å²) >= 11 is 5.80. The Morgan fingerprint density at radius 1 is 0.826 bits per heavy atom. The standard InChI is InChI=1S/C18H19ClN2O2/c1-18(2,3)21-17(23)13-6-10-15(11-7-13)20-16(22)12-4-8-14(19)9-5-12/h4-11H,1-3H3,(H,20,22)(H,21,23). The Balaban J connectivity index is 2.04. The third-order valence-corrected chi connectivity index (χ3v) is 3.25. The van der Waals surface area contributed by atoms with E-state index in [0.717, 1.165) is 0 Å². The van der Waals surface area contributed by atoms with Crippen molar-refractivity contribution in [2.24, 2.45) is 0 Å². The molecule has 2 amide bonds. The van der Waals surface area contributed by atoms with Crippen LogP contribution in [0.2, 0.25) is 5.02 Å². The van der Waals surface area contributed by atoms with Gasteiger partial charge in [-0.3, -0.25) is 9.59 Å². The Kier molecular flexibility index (Phi) is 5.06. The zero-order valence-corrected chi connectivity index (χ0v) is 14.1. The number of carbonyl (C=O) groups is 2. The van der Waals surface area contributed by atoms with Crippen molar-refractivity contribution in [1.29, 1.82) is 0 Å². The summed E-state index contributed by atoms with van der Waals surface area (Å²) in [5, 5.41) is 6.25. The Hall–Kier alpha value is -2.33. The number of carbonyl (C=O) groups excluding carboxylic acids is 2. The van der Waals surface area contributed by atoms with Gasteiger partial charge in [0, 0.05) is 27.4 Å². The molecule has 120 valence electrons. The summed E-state index contributed by atoms with van der Waals surface area (Å²) < 4.78 is 0. The van der Waals surface area contributed by atoms with Crippen LogP contribution in [0.4, 0.5) is 5.69 Å². The highest BCUT2D eigenvalue weighted by molar-refractivity contribution is 6.30. The largest absolute Gasteiger partial charge is 0.347 e. The van der Waals surface area contributed by atoms with E-state index in [1.165, 1.54) is 0 Å². The summed E-state index contributed by atoms with van der Waals surface area (Å²) in [6.07, 6.45) is 0. The minimum absolute atomic E-state index is 0.145. The minimum atomic E-state index is -0.293. The first kappa shape index (κ1) is 17.0. The maximum atomic E-state index is 12.1. The van der Waals surface area contributed by atoms with E-state index in [-0.39, 0.29) is 17.4 Å². The Morgan fingerprint density at radius 3 is 1.83 bits per heavy atom. The van der Waals surface area contributed by atoms with Gasteiger partial charge in [-0.2, -0.15) is 0 Å². The average molecular weight is 331 g/mol. The van der Waals surface area contributed by atoms with Gasteiger partial charge in [0.2, 0.25) is 0 Å². The number of hydrogen-bond donors (Lipinski definition) is 2. The quantitative estimate of drug-likeness (QED) is 0.889. The lowest BCUT2D eigenvalue weighted by Gasteiger charge is -2.20. The summed E-state index contributed by atoms with van der Waals surface area (Å²) in [6, 6.07) is 13.4. The van der Waals surface area contributed by atoms with Gasteiger partial charge in [0.25, 0.3) is 11.8 Å². The lowest BCUT2D eigenvalue weighted by Crippen LogP contribution is -2.40. The van der Waals surface area contributed by atoms with Crippen molar-refractivity contribution in [1.82, 2.24) is 5.32 Å². The first-order valence-electron chi connectivity index (χ1n) is 7.24. The van der Waals surface area contributed by atoms with Gasteiger partial charge in [-0.15, -0.1) is 0 Å². The third kappa shape index (κ3) is 5.11. The van der Waals surface area contributed by atoms with Crippen LogP contribution in [-0.4, -0.2) is 17.4 Å². The molecule has 0 saturated carbocycles. The Bertz CT molecular complexity index is 701. The fourth-order valence-electron chi connectivity index (χ4n) is 1.92. The molecule has 0 spiro atoms. The second kappa shape index (κ2) is 6.84. The molecule has 2 aromatic rings. The van der Waals surface area contributed by atoms with Crippen LogP contribution < -0.4 is 10.6 Å². The molecule has 5 heteroatoms. The van der Waals surface area contributed by atoms with Gasteiger partial charge in [0.1, 0.15) is 0 Å². The Labute approximate surface area is 140 Å². The van der Waals surface area contributed by atoms with Crippen molar-refractivity contribution >= 4 is 29.1 Å². The van der Waals surface area contributed by atoms with Crippen molar-refractivity contribution < 1.29 is 9.59 Å². The predicted molar refractivity (Wildman–Crippen MR) is 93.1 cm³/mol. The van der Waals surface area contributed by atoms with E-state index >= 15 is 0 Å². The number of nitrogens with one attached hydrogen (secondary N) is 2. The molecule has 2 aromatic carbocycles. The number of benzene rings is 2. The molecule has 0 aliphatic heterocycles. The minimum Gasteiger partial charge on any atom is -0.347 e. The summed E-state index contributed by atoms with van der Waals surface area (Å²) in [5.74, 6) is -0.373. The summed E-state index contributed by atoms with van der Waals surface area (Å²) in [7, 11) is 0. The second-order valence-electron chi connectivity index (χ2n) is 6.24. The fourth-order valence-corrected chi connectivity index (χ4v) is 2.05. The van der Waals surface area contributed by atoms with Gasteiger partial charge < -0.3 is 10.6 Å². The van der Waals surface area contributed by atoms with Crippen LogP contribution >= 0.6 is 11.6 Å². The number of amides is 2. The highest BCUT2D eigenvalue weighted by atomic mass is 35.5. The molecule has 0 aliphatic carbocycles. The van der Waals surface area contributed by atoms with Gasteiger partial charge in [-0.1, -0.05) is 11.6 Å². The van der Waals surface area contributed by atoms with Crippen LogP contribution in [0.3, 0.4) is 0 Å². The van der Waals surface area contributed by atoms with Gasteiger partial charge in [-0.05, 0) is 69.3 Å². The van der Waals surface area contributed by atoms with Crippen LogP contribution in [0.25, 0.3) is 0 Å². The predicted octanol–water partition coefficient (Wildman–Crippen LogP) is 4.12. The van der Waals surface area contributed by atoms with Gasteiger partial charge >= 0.3 is 0 Å². The molecule has 0 bridgehead atoms. The number of hydrogen-bond acceptors (Lipinski definition) is 2. The van der Waals surface area contributed by atoms with Crippen molar-refractivity contribution in [3.05, 3.63) is 64.7 Å². The van der Waals surface area contributed by atoms with Crippen molar-refractivity contribution in [2.45, 2.75) is 26.3 Å². The Morgan fingerprint density at radius 2 is 1.30 bits per heavy atom. The van der Waals surface area contributed by atoms with Crippen LogP contribution in [0, 0.1) is 0 Å². The summed E-state index contributed by atoms with van der Waals surface area (Å²) in [6.45, 7) is 5.77. The van der Waals surface area contributed by atoms with Gasteiger partial charge in [0.05, 0.1) is 0 Å². The molecule has 0 atom stereocenters. The highest BCUT2D eigenvalue weighted by Crippen LogP contribution is 2.14. The first-order valence-corrected chi connectivity index (χ1v) is 7.62. The number of anilines is 1. The van der Waals surface area contributed by atoms with Gasteiger partial charge in [0.15, 0.2) is 0 Å². The van der Waals surface area contributed by atoms with E-state index in [9.17, 15) is 9.59 Å². The van der Waals surface area contributed by atoms with Crippen molar-refractivity contribution in [2.75, 3.05) is 5.32 Å². The van der Waals surface area contributed by atoms with Crippen molar-refractivity contribution in [3.8, 4) is 0 Å². The molecule has 0 radical (unpaired) electrons. The summed E-state index contributed by atoms with van der Waals surface area (Å²) in [5.41, 5.74) is 1.39. The van der Waals surface area contributed by atoms with Crippen molar-refractivity contribution in [3.63, 3.8) is 0 Å². The molecule has 4 nitrogen and oxygen atoms in total.